The van der Waals surface area contributed by atoms with Crippen LogP contribution in [0.25, 0.3) is 0 Å². The number of rotatable bonds is 4. The summed E-state index contributed by atoms with van der Waals surface area (Å²) >= 11 is 5.63. The normalized spacial score (nSPS) is 9.43. The molecule has 23 heavy (non-hydrogen) atoms. The topological polar surface area (TPSA) is 68.8 Å². The second kappa shape index (κ2) is 7.26. The fourth-order valence-electron chi connectivity index (χ4n) is 1.60. The predicted molar refractivity (Wildman–Crippen MR) is 80.8 cm³/mol. The van der Waals surface area contributed by atoms with E-state index in [0.717, 1.165) is 12.3 Å². The molecule has 0 heterocycles. The Kier molecular flexibility index (Phi) is 5.14. The fraction of sp³-hybridized carbons (Fsp3) is 0. The third-order valence-corrected chi connectivity index (χ3v) is 2.98. The Labute approximate surface area is 135 Å². The average Bonchev–Trinajstić information content (AvgIpc) is 2.55. The molecular weight excluding hydrogens is 324 g/mol. The molecule has 4 nitrogen and oxygen atoms in total. The van der Waals surface area contributed by atoms with Crippen LogP contribution in [0.4, 0.5) is 14.5 Å². The second-order valence-electron chi connectivity index (χ2n) is 4.23. The van der Waals surface area contributed by atoms with Crippen molar-refractivity contribution < 1.29 is 13.5 Å². The molecule has 2 rings (SSSR count). The van der Waals surface area contributed by atoms with Gasteiger partial charge in [0, 0.05) is 18.0 Å². The number of benzene rings is 2. The van der Waals surface area contributed by atoms with Crippen molar-refractivity contribution in [2.45, 2.75) is 0 Å². The molecule has 0 fully saturated rings. The first-order valence-corrected chi connectivity index (χ1v) is 6.61. The van der Waals surface area contributed by atoms with E-state index in [2.05, 4.69) is 5.32 Å². The Morgan fingerprint density at radius 2 is 1.87 bits per heavy atom. The minimum atomic E-state index is -0.786. The van der Waals surface area contributed by atoms with E-state index in [-0.39, 0.29) is 22.1 Å². The van der Waals surface area contributed by atoms with Gasteiger partial charge >= 0.3 is 0 Å². The van der Waals surface area contributed by atoms with Crippen molar-refractivity contribution in [3.05, 3.63) is 64.8 Å². The van der Waals surface area contributed by atoms with Crippen LogP contribution in [0.2, 0.25) is 5.02 Å². The van der Waals surface area contributed by atoms with Crippen molar-refractivity contribution in [2.24, 2.45) is 0 Å². The number of halogens is 3. The molecule has 7 heteroatoms. The number of nitrogens with zero attached hydrogens (tertiary/aromatic N) is 2. The molecule has 0 saturated carbocycles. The molecule has 0 aliphatic carbocycles. The summed E-state index contributed by atoms with van der Waals surface area (Å²) in [6.45, 7) is 0. The number of hydrogen-bond acceptors (Lipinski definition) is 4. The van der Waals surface area contributed by atoms with E-state index < -0.39 is 11.6 Å². The van der Waals surface area contributed by atoms with Crippen LogP contribution in [0.3, 0.4) is 0 Å². The van der Waals surface area contributed by atoms with Crippen LogP contribution in [0.5, 0.6) is 11.5 Å². The zero-order valence-electron chi connectivity index (χ0n) is 11.5. The van der Waals surface area contributed by atoms with E-state index in [9.17, 15) is 8.78 Å². The molecule has 0 spiro atoms. The first kappa shape index (κ1) is 16.3. The number of nitriles is 2. The summed E-state index contributed by atoms with van der Waals surface area (Å²) in [6.07, 6.45) is 1.14. The highest BCUT2D eigenvalue weighted by Gasteiger charge is 2.11. The van der Waals surface area contributed by atoms with Gasteiger partial charge in [0.2, 0.25) is 0 Å². The highest BCUT2D eigenvalue weighted by Crippen LogP contribution is 2.31. The van der Waals surface area contributed by atoms with E-state index in [1.54, 1.807) is 12.1 Å². The lowest BCUT2D eigenvalue weighted by Crippen LogP contribution is -1.94. The monoisotopic (exact) mass is 331 g/mol. The van der Waals surface area contributed by atoms with Crippen LogP contribution >= 0.6 is 11.6 Å². The third-order valence-electron chi connectivity index (χ3n) is 2.69. The maximum atomic E-state index is 14.0. The summed E-state index contributed by atoms with van der Waals surface area (Å²) in [4.78, 5) is 0. The molecule has 0 amide bonds. The summed E-state index contributed by atoms with van der Waals surface area (Å²) in [5.41, 5.74) is 0.135. The van der Waals surface area contributed by atoms with Crippen LogP contribution in [0.15, 0.2) is 48.2 Å². The largest absolute Gasteiger partial charge is 0.451 e. The van der Waals surface area contributed by atoms with Gasteiger partial charge in [-0.15, -0.1) is 0 Å². The Morgan fingerprint density at radius 3 is 2.52 bits per heavy atom. The van der Waals surface area contributed by atoms with E-state index >= 15 is 0 Å². The van der Waals surface area contributed by atoms with Crippen LogP contribution in [0.1, 0.15) is 0 Å². The molecule has 2 aromatic rings. The molecule has 2 aromatic carbocycles. The maximum Gasteiger partial charge on any atom is 0.184 e. The minimum Gasteiger partial charge on any atom is -0.451 e. The van der Waals surface area contributed by atoms with Crippen molar-refractivity contribution in [2.75, 3.05) is 5.32 Å². The van der Waals surface area contributed by atoms with Gasteiger partial charge in [0.05, 0.1) is 5.02 Å². The van der Waals surface area contributed by atoms with Gasteiger partial charge in [-0.05, 0) is 24.3 Å². The molecule has 0 unspecified atom stereocenters. The lowest BCUT2D eigenvalue weighted by atomic mass is 10.2. The standard InChI is InChI=1S/C16H8ClF2N3O/c17-12-2-1-3-15(16(12)19)23-14-5-4-11(6-13(14)18)22-9-10(7-20)8-21/h1-6,9,22H. The molecule has 1 N–H and O–H groups in total. The molecule has 0 atom stereocenters. The Balaban J connectivity index is 2.20. The summed E-state index contributed by atoms with van der Waals surface area (Å²) in [5.74, 6) is -1.93. The van der Waals surface area contributed by atoms with Crippen LogP contribution < -0.4 is 10.1 Å². The highest BCUT2D eigenvalue weighted by molar-refractivity contribution is 6.30. The first-order chi connectivity index (χ1) is 11.0. The first-order valence-electron chi connectivity index (χ1n) is 6.23. The van der Waals surface area contributed by atoms with Crippen LogP contribution in [0, 0.1) is 34.3 Å². The summed E-state index contributed by atoms with van der Waals surface area (Å²) in [6, 6.07) is 11.3. The quantitative estimate of drug-likeness (QED) is 0.820. The Hall–Kier alpha value is -3.09. The number of anilines is 1. The third kappa shape index (κ3) is 3.97. The number of hydrogen-bond donors (Lipinski definition) is 1. The van der Waals surface area contributed by atoms with E-state index in [4.69, 9.17) is 26.9 Å². The Bertz CT molecular complexity index is 837. The van der Waals surface area contributed by atoms with Crippen molar-refractivity contribution >= 4 is 17.3 Å². The zero-order chi connectivity index (χ0) is 16.8. The van der Waals surface area contributed by atoms with Gasteiger partial charge in [-0.3, -0.25) is 0 Å². The SMILES string of the molecule is N#CC(C#N)=CNc1ccc(Oc2cccc(Cl)c2F)c(F)c1. The lowest BCUT2D eigenvalue weighted by Gasteiger charge is -2.09. The van der Waals surface area contributed by atoms with E-state index in [0.29, 0.717) is 5.69 Å². The zero-order valence-corrected chi connectivity index (χ0v) is 12.2. The number of ether oxygens (including phenoxy) is 1. The predicted octanol–water partition coefficient (Wildman–Crippen LogP) is 4.75. The maximum absolute atomic E-state index is 14.0. The van der Waals surface area contributed by atoms with Gasteiger partial charge in [0.25, 0.3) is 0 Å². The molecule has 114 valence electrons. The van der Waals surface area contributed by atoms with E-state index in [1.165, 1.54) is 30.3 Å². The van der Waals surface area contributed by atoms with Crippen molar-refractivity contribution in [1.29, 1.82) is 10.5 Å². The Morgan fingerprint density at radius 1 is 1.13 bits per heavy atom. The molecule has 0 aliphatic rings. The molecule has 0 radical (unpaired) electrons. The fourth-order valence-corrected chi connectivity index (χ4v) is 1.77. The second-order valence-corrected chi connectivity index (χ2v) is 4.63. The van der Waals surface area contributed by atoms with Gasteiger partial charge < -0.3 is 10.1 Å². The van der Waals surface area contributed by atoms with Crippen molar-refractivity contribution in [1.82, 2.24) is 0 Å². The molecular formula is C16H8ClF2N3O. The van der Waals surface area contributed by atoms with Crippen LogP contribution in [-0.4, -0.2) is 0 Å². The lowest BCUT2D eigenvalue weighted by molar-refractivity contribution is 0.415. The van der Waals surface area contributed by atoms with E-state index in [1.807, 2.05) is 0 Å². The van der Waals surface area contributed by atoms with Gasteiger partial charge in [-0.2, -0.15) is 10.5 Å². The summed E-state index contributed by atoms with van der Waals surface area (Å²) in [7, 11) is 0. The van der Waals surface area contributed by atoms with Gasteiger partial charge in [-0.1, -0.05) is 17.7 Å². The van der Waals surface area contributed by atoms with Crippen LogP contribution in [-0.2, 0) is 0 Å². The van der Waals surface area contributed by atoms with Gasteiger partial charge in [0.15, 0.2) is 23.1 Å². The molecule has 0 aliphatic heterocycles. The molecule has 0 bridgehead atoms. The molecule has 0 saturated heterocycles. The van der Waals surface area contributed by atoms with Gasteiger partial charge in [0.1, 0.15) is 17.7 Å². The highest BCUT2D eigenvalue weighted by atomic mass is 35.5. The van der Waals surface area contributed by atoms with Crippen molar-refractivity contribution in [3.63, 3.8) is 0 Å². The minimum absolute atomic E-state index is 0.133. The van der Waals surface area contributed by atoms with Crippen molar-refractivity contribution in [3.8, 4) is 23.6 Å². The number of nitrogens with one attached hydrogen (secondary N) is 1. The number of allylic oxidation sites excluding steroid dienone is 1. The van der Waals surface area contributed by atoms with Gasteiger partial charge in [-0.25, -0.2) is 8.78 Å². The smallest absolute Gasteiger partial charge is 0.184 e. The summed E-state index contributed by atoms with van der Waals surface area (Å²) in [5, 5.41) is 19.7. The summed E-state index contributed by atoms with van der Waals surface area (Å²) < 4.78 is 32.9. The average molecular weight is 332 g/mol. The molecule has 0 aromatic heterocycles.